The van der Waals surface area contributed by atoms with E-state index in [1.54, 1.807) is 6.92 Å². The minimum absolute atomic E-state index is 0.244. The molecule has 60 valence electrons. The van der Waals surface area contributed by atoms with Gasteiger partial charge in [0.1, 0.15) is 0 Å². The third kappa shape index (κ3) is 2.06. The van der Waals surface area contributed by atoms with Crippen molar-refractivity contribution in [2.24, 2.45) is 11.6 Å². The lowest BCUT2D eigenvalue weighted by Crippen LogP contribution is -2.55. The molecule has 0 saturated heterocycles. The number of nitrogens with two attached hydrogens (primary N) is 2. The van der Waals surface area contributed by atoms with E-state index < -0.39 is 5.54 Å². The van der Waals surface area contributed by atoms with E-state index in [2.05, 4.69) is 5.43 Å². The van der Waals surface area contributed by atoms with Crippen molar-refractivity contribution in [1.29, 1.82) is 5.41 Å². The van der Waals surface area contributed by atoms with Gasteiger partial charge in [-0.05, 0) is 20.8 Å². The lowest BCUT2D eigenvalue weighted by atomic mass is 9.95. The Morgan fingerprint density at radius 1 is 1.60 bits per heavy atom. The number of rotatable bonds is 3. The van der Waals surface area contributed by atoms with Crippen LogP contribution in [0, 0.1) is 5.41 Å². The average molecular weight is 144 g/mol. The van der Waals surface area contributed by atoms with Crippen LogP contribution in [-0.2, 0) is 0 Å². The van der Waals surface area contributed by atoms with Crippen LogP contribution in [0.5, 0.6) is 0 Å². The van der Waals surface area contributed by atoms with Gasteiger partial charge in [-0.3, -0.25) is 5.84 Å². The Morgan fingerprint density at radius 3 is 2.10 bits per heavy atom. The van der Waals surface area contributed by atoms with Crippen molar-refractivity contribution in [2.45, 2.75) is 32.4 Å². The van der Waals surface area contributed by atoms with Crippen LogP contribution < -0.4 is 17.0 Å². The molecule has 6 N–H and O–H groups in total. The number of nitrogens with one attached hydrogen (secondary N) is 2. The summed E-state index contributed by atoms with van der Waals surface area (Å²) in [5.41, 5.74) is 7.92. The van der Waals surface area contributed by atoms with Crippen LogP contribution in [-0.4, -0.2) is 17.3 Å². The van der Waals surface area contributed by atoms with Crippen molar-refractivity contribution in [3.63, 3.8) is 0 Å². The van der Waals surface area contributed by atoms with Gasteiger partial charge in [-0.2, -0.15) is 0 Å². The molecule has 0 aromatic heterocycles. The molecule has 4 heteroatoms. The largest absolute Gasteiger partial charge is 0.323 e. The first-order chi connectivity index (χ1) is 4.41. The van der Waals surface area contributed by atoms with E-state index in [4.69, 9.17) is 17.0 Å². The molecule has 0 aliphatic rings. The Morgan fingerprint density at radius 2 is 2.00 bits per heavy atom. The molecule has 4 nitrogen and oxygen atoms in total. The highest BCUT2D eigenvalue weighted by Crippen LogP contribution is 2.03. The van der Waals surface area contributed by atoms with Crippen molar-refractivity contribution in [2.75, 3.05) is 0 Å². The Bertz CT molecular complexity index is 128. The van der Waals surface area contributed by atoms with Crippen LogP contribution in [0.2, 0.25) is 0 Å². The smallest absolute Gasteiger partial charge is 0.0654 e. The molecule has 0 aliphatic heterocycles. The maximum absolute atomic E-state index is 7.48. The van der Waals surface area contributed by atoms with Crippen LogP contribution in [0.4, 0.5) is 0 Å². The maximum Gasteiger partial charge on any atom is 0.0654 e. The van der Waals surface area contributed by atoms with Gasteiger partial charge in [0.2, 0.25) is 0 Å². The van der Waals surface area contributed by atoms with Gasteiger partial charge in [0.25, 0.3) is 0 Å². The second kappa shape index (κ2) is 3.09. The Balaban J connectivity index is 4.19. The number of hydrogen-bond donors (Lipinski definition) is 4. The summed E-state index contributed by atoms with van der Waals surface area (Å²) in [5, 5.41) is 7.48. The summed E-state index contributed by atoms with van der Waals surface area (Å²) in [5.74, 6) is 5.20. The molecule has 10 heavy (non-hydrogen) atoms. The van der Waals surface area contributed by atoms with E-state index in [1.807, 2.05) is 13.8 Å². The fraction of sp³-hybridized carbons (Fsp3) is 0.833. The Kier molecular flexibility index (Phi) is 2.96. The van der Waals surface area contributed by atoms with Crippen molar-refractivity contribution < 1.29 is 0 Å². The zero-order chi connectivity index (χ0) is 8.36. The molecule has 0 fully saturated rings. The monoisotopic (exact) mass is 144 g/mol. The van der Waals surface area contributed by atoms with Gasteiger partial charge in [0, 0.05) is 11.8 Å². The highest BCUT2D eigenvalue weighted by Gasteiger charge is 2.23. The third-order valence-corrected chi connectivity index (χ3v) is 1.49. The second-order valence-corrected chi connectivity index (χ2v) is 2.97. The first-order valence-electron chi connectivity index (χ1n) is 3.24. The highest BCUT2D eigenvalue weighted by molar-refractivity contribution is 5.94. The van der Waals surface area contributed by atoms with E-state index in [1.165, 1.54) is 0 Å². The molecule has 0 radical (unpaired) electrons. The summed E-state index contributed by atoms with van der Waals surface area (Å²) >= 11 is 0. The molecular weight excluding hydrogens is 128 g/mol. The van der Waals surface area contributed by atoms with Gasteiger partial charge in [-0.1, -0.05) is 0 Å². The van der Waals surface area contributed by atoms with Crippen molar-refractivity contribution in [3.8, 4) is 0 Å². The molecule has 1 atom stereocenters. The van der Waals surface area contributed by atoms with E-state index in [0.29, 0.717) is 5.71 Å². The molecule has 0 rings (SSSR count). The summed E-state index contributed by atoms with van der Waals surface area (Å²) in [6.07, 6.45) is 0. The molecule has 0 aromatic carbocycles. The Hall–Kier alpha value is -0.450. The Labute approximate surface area is 61.4 Å². The van der Waals surface area contributed by atoms with Crippen molar-refractivity contribution >= 4 is 5.71 Å². The zero-order valence-electron chi connectivity index (χ0n) is 6.73. The van der Waals surface area contributed by atoms with E-state index in [0.717, 1.165) is 0 Å². The van der Waals surface area contributed by atoms with Gasteiger partial charge in [0.05, 0.1) is 5.54 Å². The molecule has 0 saturated carbocycles. The fourth-order valence-electron chi connectivity index (χ4n) is 0.647. The highest BCUT2D eigenvalue weighted by atomic mass is 15.3. The van der Waals surface area contributed by atoms with E-state index >= 15 is 0 Å². The number of hydrogen-bond acceptors (Lipinski definition) is 4. The molecule has 0 amide bonds. The van der Waals surface area contributed by atoms with Crippen LogP contribution in [0.3, 0.4) is 0 Å². The molecule has 0 spiro atoms. The predicted molar refractivity (Wildman–Crippen MR) is 42.8 cm³/mol. The quantitative estimate of drug-likeness (QED) is 0.247. The fourth-order valence-corrected chi connectivity index (χ4v) is 0.647. The molecule has 0 aromatic rings. The zero-order valence-corrected chi connectivity index (χ0v) is 6.73. The van der Waals surface area contributed by atoms with Crippen molar-refractivity contribution in [1.82, 2.24) is 5.43 Å². The summed E-state index contributed by atoms with van der Waals surface area (Å²) in [7, 11) is 0. The lowest BCUT2D eigenvalue weighted by Gasteiger charge is -2.26. The van der Waals surface area contributed by atoms with Crippen molar-refractivity contribution in [3.05, 3.63) is 0 Å². The maximum atomic E-state index is 7.48. The SMILES string of the molecule is CC(N)C(=N)C(C)(C)NN. The minimum Gasteiger partial charge on any atom is -0.323 e. The number of hydrazine groups is 1. The van der Waals surface area contributed by atoms with E-state index in [-0.39, 0.29) is 6.04 Å². The van der Waals surface area contributed by atoms with E-state index in [9.17, 15) is 0 Å². The predicted octanol–water partition coefficient (Wildman–Crippen LogP) is -0.405. The van der Waals surface area contributed by atoms with Crippen LogP contribution in [0.15, 0.2) is 0 Å². The second-order valence-electron chi connectivity index (χ2n) is 2.97. The third-order valence-electron chi connectivity index (χ3n) is 1.49. The standard InChI is InChI=1S/C6H16N4/c1-4(7)5(8)6(2,3)10-9/h4,8,10H,7,9H2,1-3H3. The summed E-state index contributed by atoms with van der Waals surface area (Å²) in [4.78, 5) is 0. The van der Waals surface area contributed by atoms with Gasteiger partial charge < -0.3 is 11.1 Å². The molecule has 0 bridgehead atoms. The van der Waals surface area contributed by atoms with Crippen LogP contribution in [0.25, 0.3) is 0 Å². The molecule has 0 heterocycles. The van der Waals surface area contributed by atoms with Gasteiger partial charge >= 0.3 is 0 Å². The van der Waals surface area contributed by atoms with Crippen LogP contribution >= 0.6 is 0 Å². The van der Waals surface area contributed by atoms with Crippen LogP contribution in [0.1, 0.15) is 20.8 Å². The van der Waals surface area contributed by atoms with Gasteiger partial charge in [-0.15, -0.1) is 0 Å². The topological polar surface area (TPSA) is 87.9 Å². The lowest BCUT2D eigenvalue weighted by molar-refractivity contribution is 0.508. The summed E-state index contributed by atoms with van der Waals surface area (Å²) in [6, 6.07) is -0.244. The molecule has 0 aliphatic carbocycles. The van der Waals surface area contributed by atoms with Gasteiger partial charge in [-0.25, -0.2) is 5.43 Å². The minimum atomic E-state index is -0.492. The molecule has 1 unspecified atom stereocenters. The summed E-state index contributed by atoms with van der Waals surface area (Å²) < 4.78 is 0. The normalized spacial score (nSPS) is 14.9. The van der Waals surface area contributed by atoms with Gasteiger partial charge in [0.15, 0.2) is 0 Å². The summed E-state index contributed by atoms with van der Waals surface area (Å²) in [6.45, 7) is 5.40. The first-order valence-corrected chi connectivity index (χ1v) is 3.24. The average Bonchev–Trinajstić information content (AvgIpc) is 1.86. The molecular formula is C6H16N4. The first kappa shape index (κ1) is 9.55.